The number of hydrogen-bond donors (Lipinski definition) is 1. The van der Waals surface area contributed by atoms with Crippen molar-refractivity contribution >= 4 is 29.5 Å². The van der Waals surface area contributed by atoms with Gasteiger partial charge in [0.1, 0.15) is 16.4 Å². The first-order valence-corrected chi connectivity index (χ1v) is 8.10. The molecule has 0 aromatic heterocycles. The van der Waals surface area contributed by atoms with E-state index >= 15 is 0 Å². The van der Waals surface area contributed by atoms with Gasteiger partial charge in [0, 0.05) is 0 Å². The van der Waals surface area contributed by atoms with E-state index in [9.17, 15) is 9.90 Å². The second kappa shape index (κ2) is 6.95. The largest absolute Gasteiger partial charge is 0.510 e. The van der Waals surface area contributed by atoms with Crippen LogP contribution in [0.1, 0.15) is 17.1 Å². The zero-order chi connectivity index (χ0) is 14.5. The Morgan fingerprint density at radius 1 is 1.40 bits per heavy atom. The number of hydrogen-bond acceptors (Lipinski definition) is 6. The highest BCUT2D eigenvalue weighted by Crippen LogP contribution is 2.49. The topological polar surface area (TPSA) is 55.8 Å². The molecule has 1 aromatic carbocycles. The van der Waals surface area contributed by atoms with Gasteiger partial charge < -0.3 is 14.6 Å². The Labute approximate surface area is 126 Å². The molecule has 1 unspecified atom stereocenters. The number of aliphatic hydroxyl groups is 1. The highest BCUT2D eigenvalue weighted by molar-refractivity contribution is 8.19. The van der Waals surface area contributed by atoms with E-state index in [4.69, 9.17) is 9.47 Å². The third-order valence-electron chi connectivity index (χ3n) is 2.71. The lowest BCUT2D eigenvalue weighted by Crippen LogP contribution is -2.13. The number of rotatable bonds is 4. The number of benzene rings is 1. The first kappa shape index (κ1) is 15.1. The number of ether oxygens (including phenoxy) is 2. The minimum Gasteiger partial charge on any atom is -0.510 e. The van der Waals surface area contributed by atoms with Crippen molar-refractivity contribution in [3.05, 3.63) is 40.5 Å². The number of carbonyl (C=O) groups is 1. The predicted molar refractivity (Wildman–Crippen MR) is 82.1 cm³/mol. The van der Waals surface area contributed by atoms with E-state index in [1.807, 2.05) is 24.3 Å². The molecule has 1 aliphatic heterocycles. The normalized spacial score (nSPS) is 18.8. The van der Waals surface area contributed by atoms with E-state index < -0.39 is 5.97 Å². The minimum atomic E-state index is -0.450. The first-order valence-electron chi connectivity index (χ1n) is 6.17. The van der Waals surface area contributed by atoms with Gasteiger partial charge in [-0.1, -0.05) is 23.9 Å². The number of thioether (sulfide) groups is 2. The summed E-state index contributed by atoms with van der Waals surface area (Å²) in [4.78, 5) is 12.1. The van der Waals surface area contributed by atoms with Crippen LogP contribution >= 0.6 is 23.5 Å². The van der Waals surface area contributed by atoms with Crippen molar-refractivity contribution in [2.24, 2.45) is 0 Å². The summed E-state index contributed by atoms with van der Waals surface area (Å²) < 4.78 is 10.2. The van der Waals surface area contributed by atoms with Crippen LogP contribution in [0.15, 0.2) is 34.9 Å². The first-order chi connectivity index (χ1) is 9.65. The van der Waals surface area contributed by atoms with Crippen molar-refractivity contribution in [1.29, 1.82) is 0 Å². The molecule has 0 saturated heterocycles. The number of carbonyl (C=O) groups excluding carboxylic acids is 1. The highest BCUT2D eigenvalue weighted by atomic mass is 32.2. The van der Waals surface area contributed by atoms with Crippen molar-refractivity contribution in [3.63, 3.8) is 0 Å². The molecule has 6 heteroatoms. The smallest absolute Gasteiger partial charge is 0.348 e. The molecule has 0 fully saturated rings. The Balaban J connectivity index is 2.14. The Kier molecular flexibility index (Phi) is 5.25. The number of methoxy groups -OCH3 is 1. The average molecular weight is 312 g/mol. The lowest BCUT2D eigenvalue weighted by atomic mass is 10.2. The summed E-state index contributed by atoms with van der Waals surface area (Å²) in [6, 6.07) is 7.71. The maximum Gasteiger partial charge on any atom is 0.348 e. The second-order valence-electron chi connectivity index (χ2n) is 4.03. The van der Waals surface area contributed by atoms with Gasteiger partial charge in [-0.05, 0) is 24.6 Å². The van der Waals surface area contributed by atoms with E-state index in [2.05, 4.69) is 0 Å². The molecule has 1 aliphatic rings. The molecule has 1 heterocycles. The van der Waals surface area contributed by atoms with Gasteiger partial charge in [-0.3, -0.25) is 0 Å². The fraction of sp³-hybridized carbons (Fsp3) is 0.357. The standard InChI is InChI=1S/C14H16O4S2/c1-3-18-13(16)12-11(15)8-19-14(20-12)9-4-6-10(17-2)7-5-9/h4-7,14-15H,3,8H2,1-2H3. The quantitative estimate of drug-likeness (QED) is 0.859. The van der Waals surface area contributed by atoms with E-state index in [0.29, 0.717) is 17.3 Å². The van der Waals surface area contributed by atoms with Crippen LogP contribution in [0.25, 0.3) is 0 Å². The van der Waals surface area contributed by atoms with Gasteiger partial charge in [-0.2, -0.15) is 0 Å². The molecule has 0 bridgehead atoms. The molecule has 0 amide bonds. The zero-order valence-corrected chi connectivity index (χ0v) is 12.9. The maximum absolute atomic E-state index is 11.8. The van der Waals surface area contributed by atoms with Crippen molar-refractivity contribution in [2.75, 3.05) is 19.5 Å². The number of esters is 1. The van der Waals surface area contributed by atoms with Crippen LogP contribution in [0.2, 0.25) is 0 Å². The molecule has 1 aromatic rings. The summed E-state index contributed by atoms with van der Waals surface area (Å²) in [5.41, 5.74) is 1.08. The van der Waals surface area contributed by atoms with Crippen LogP contribution in [0.3, 0.4) is 0 Å². The Bertz CT molecular complexity index is 510. The molecule has 1 atom stereocenters. The van der Waals surface area contributed by atoms with Gasteiger partial charge in [0.15, 0.2) is 0 Å². The van der Waals surface area contributed by atoms with Crippen LogP contribution in [0.4, 0.5) is 0 Å². The van der Waals surface area contributed by atoms with Gasteiger partial charge in [-0.25, -0.2) is 4.79 Å². The Hall–Kier alpha value is -1.27. The number of aliphatic hydroxyl groups excluding tert-OH is 1. The summed E-state index contributed by atoms with van der Waals surface area (Å²) in [7, 11) is 1.62. The lowest BCUT2D eigenvalue weighted by Gasteiger charge is -2.23. The Morgan fingerprint density at radius 3 is 2.70 bits per heavy atom. The van der Waals surface area contributed by atoms with Gasteiger partial charge in [0.05, 0.1) is 24.1 Å². The summed E-state index contributed by atoms with van der Waals surface area (Å²) in [6.45, 7) is 2.05. The molecule has 4 nitrogen and oxygen atoms in total. The Morgan fingerprint density at radius 2 is 2.10 bits per heavy atom. The maximum atomic E-state index is 11.8. The summed E-state index contributed by atoms with van der Waals surface area (Å²) in [6.07, 6.45) is 0. The van der Waals surface area contributed by atoms with E-state index in [1.54, 1.807) is 25.8 Å². The molecule has 20 heavy (non-hydrogen) atoms. The molecule has 0 radical (unpaired) electrons. The van der Waals surface area contributed by atoms with Crippen LogP contribution in [-0.4, -0.2) is 30.5 Å². The van der Waals surface area contributed by atoms with Crippen LogP contribution in [0.5, 0.6) is 5.75 Å². The van der Waals surface area contributed by atoms with Crippen LogP contribution in [-0.2, 0) is 9.53 Å². The van der Waals surface area contributed by atoms with Crippen LogP contribution in [0, 0.1) is 0 Å². The molecular weight excluding hydrogens is 296 g/mol. The molecule has 0 spiro atoms. The van der Waals surface area contributed by atoms with E-state index in [1.165, 1.54) is 11.8 Å². The summed E-state index contributed by atoms with van der Waals surface area (Å²) in [5, 5.41) is 9.83. The minimum absolute atomic E-state index is 0.0659. The fourth-order valence-electron chi connectivity index (χ4n) is 1.72. The fourth-order valence-corrected chi connectivity index (χ4v) is 4.25. The van der Waals surface area contributed by atoms with Crippen LogP contribution < -0.4 is 4.74 Å². The van der Waals surface area contributed by atoms with Gasteiger partial charge in [0.25, 0.3) is 0 Å². The zero-order valence-electron chi connectivity index (χ0n) is 11.3. The summed E-state index contributed by atoms with van der Waals surface area (Å²) in [5.74, 6) is 0.860. The third-order valence-corrected chi connectivity index (χ3v) is 5.54. The SMILES string of the molecule is CCOC(=O)C1=C(O)CSC(c2ccc(OC)cc2)S1. The molecule has 1 N–H and O–H groups in total. The lowest BCUT2D eigenvalue weighted by molar-refractivity contribution is -0.137. The molecule has 108 valence electrons. The van der Waals surface area contributed by atoms with Crippen molar-refractivity contribution in [2.45, 2.75) is 11.5 Å². The molecule has 2 rings (SSSR count). The van der Waals surface area contributed by atoms with Gasteiger partial charge in [-0.15, -0.1) is 11.8 Å². The third kappa shape index (κ3) is 3.43. The van der Waals surface area contributed by atoms with Crippen molar-refractivity contribution in [1.82, 2.24) is 0 Å². The van der Waals surface area contributed by atoms with E-state index in [0.717, 1.165) is 11.3 Å². The molecule has 0 saturated carbocycles. The monoisotopic (exact) mass is 312 g/mol. The van der Waals surface area contributed by atoms with E-state index in [-0.39, 0.29) is 10.3 Å². The molecular formula is C14H16O4S2. The van der Waals surface area contributed by atoms with Gasteiger partial charge >= 0.3 is 5.97 Å². The van der Waals surface area contributed by atoms with Gasteiger partial charge in [0.2, 0.25) is 0 Å². The highest BCUT2D eigenvalue weighted by Gasteiger charge is 2.28. The summed E-state index contributed by atoms with van der Waals surface area (Å²) >= 11 is 2.92. The molecule has 0 aliphatic carbocycles. The average Bonchev–Trinajstić information content (AvgIpc) is 2.48. The van der Waals surface area contributed by atoms with Crippen molar-refractivity contribution in [3.8, 4) is 5.75 Å². The second-order valence-corrected chi connectivity index (χ2v) is 6.54. The van der Waals surface area contributed by atoms with Crippen molar-refractivity contribution < 1.29 is 19.4 Å². The predicted octanol–water partition coefficient (Wildman–Crippen LogP) is 3.51.